The van der Waals surface area contributed by atoms with E-state index in [1.165, 1.54) is 12.1 Å². The number of rotatable bonds is 2. The van der Waals surface area contributed by atoms with Gasteiger partial charge in [0.25, 0.3) is 0 Å². The zero-order valence-electron chi connectivity index (χ0n) is 8.04. The molecule has 0 amide bonds. The second kappa shape index (κ2) is 7.07. The Balaban J connectivity index is 0.000000423. The minimum Gasteiger partial charge on any atom is -0.504 e. The van der Waals surface area contributed by atoms with E-state index in [0.29, 0.717) is 13.0 Å². The van der Waals surface area contributed by atoms with E-state index < -0.39 is 7.32 Å². The summed E-state index contributed by atoms with van der Waals surface area (Å²) < 4.78 is 0. The summed E-state index contributed by atoms with van der Waals surface area (Å²) >= 11 is 0. The molecule has 0 fully saturated rings. The molecule has 0 heterocycles. The van der Waals surface area contributed by atoms with E-state index in [-0.39, 0.29) is 11.5 Å². The lowest BCUT2D eigenvalue weighted by atomic mass is 10.1. The molecule has 0 unspecified atom stereocenters. The SMILES string of the molecule is NCCc1ccc(O)c(O)c1.OB(O)O. The topological polar surface area (TPSA) is 127 Å². The van der Waals surface area contributed by atoms with Gasteiger partial charge in [0.15, 0.2) is 11.5 Å². The molecule has 0 bridgehead atoms. The first kappa shape index (κ1) is 13.7. The normalized spacial score (nSPS) is 9.07. The third-order valence-corrected chi connectivity index (χ3v) is 1.47. The number of phenolic OH excluding ortho intramolecular Hbond substituents is 2. The van der Waals surface area contributed by atoms with Gasteiger partial charge in [-0.05, 0) is 30.7 Å². The molecule has 0 saturated carbocycles. The summed E-state index contributed by atoms with van der Waals surface area (Å²) in [5.41, 5.74) is 6.24. The van der Waals surface area contributed by atoms with Gasteiger partial charge in [-0.3, -0.25) is 0 Å². The van der Waals surface area contributed by atoms with Crippen LogP contribution in [0.1, 0.15) is 5.56 Å². The molecule has 15 heavy (non-hydrogen) atoms. The zero-order chi connectivity index (χ0) is 11.8. The average Bonchev–Trinajstić information content (AvgIpc) is 2.11. The highest BCUT2D eigenvalue weighted by Gasteiger charge is 1.98. The molecule has 1 rings (SSSR count). The van der Waals surface area contributed by atoms with Crippen LogP contribution < -0.4 is 5.73 Å². The van der Waals surface area contributed by atoms with Crippen LogP contribution in [0.3, 0.4) is 0 Å². The van der Waals surface area contributed by atoms with Crippen molar-refractivity contribution in [1.29, 1.82) is 0 Å². The minimum absolute atomic E-state index is 0.0871. The van der Waals surface area contributed by atoms with Crippen LogP contribution >= 0.6 is 0 Å². The predicted octanol–water partition coefficient (Wildman–Crippen LogP) is -1.45. The van der Waals surface area contributed by atoms with Crippen LogP contribution in [-0.4, -0.2) is 39.2 Å². The van der Waals surface area contributed by atoms with E-state index in [2.05, 4.69) is 0 Å². The van der Waals surface area contributed by atoms with Gasteiger partial charge in [0.2, 0.25) is 0 Å². The lowest BCUT2D eigenvalue weighted by molar-refractivity contribution is 0.278. The van der Waals surface area contributed by atoms with Gasteiger partial charge >= 0.3 is 7.32 Å². The molecule has 1 aromatic carbocycles. The van der Waals surface area contributed by atoms with E-state index in [1.54, 1.807) is 6.07 Å². The molecular formula is C8H14BNO5. The van der Waals surface area contributed by atoms with Crippen molar-refractivity contribution in [1.82, 2.24) is 0 Å². The Labute approximate surface area is 87.4 Å². The highest BCUT2D eigenvalue weighted by molar-refractivity contribution is 6.30. The Morgan fingerprint density at radius 3 is 2.00 bits per heavy atom. The second-order valence-corrected chi connectivity index (χ2v) is 2.71. The van der Waals surface area contributed by atoms with E-state index in [9.17, 15) is 0 Å². The van der Waals surface area contributed by atoms with Crippen LogP contribution in [0.25, 0.3) is 0 Å². The number of phenols is 2. The van der Waals surface area contributed by atoms with Crippen molar-refractivity contribution in [3.63, 3.8) is 0 Å². The summed E-state index contributed by atoms with van der Waals surface area (Å²) in [5.74, 6) is -0.179. The summed E-state index contributed by atoms with van der Waals surface area (Å²) in [4.78, 5) is 0. The highest BCUT2D eigenvalue weighted by Crippen LogP contribution is 2.24. The van der Waals surface area contributed by atoms with Crippen LogP contribution in [0.5, 0.6) is 11.5 Å². The molecule has 6 nitrogen and oxygen atoms in total. The lowest BCUT2D eigenvalue weighted by Crippen LogP contribution is -2.07. The molecule has 7 N–H and O–H groups in total. The molecule has 0 aliphatic rings. The number of benzene rings is 1. The van der Waals surface area contributed by atoms with Crippen molar-refractivity contribution in [2.24, 2.45) is 5.73 Å². The maximum atomic E-state index is 9.04. The van der Waals surface area contributed by atoms with Crippen LogP contribution in [0.15, 0.2) is 18.2 Å². The monoisotopic (exact) mass is 215 g/mol. The molecule has 7 heteroatoms. The standard InChI is InChI=1S/C8H11NO2.BH3O3/c9-4-3-6-1-2-7(10)8(11)5-6;2-1(3)4/h1-2,5,10-11H,3-4,9H2;2-4H. The van der Waals surface area contributed by atoms with Crippen molar-refractivity contribution < 1.29 is 25.3 Å². The summed E-state index contributed by atoms with van der Waals surface area (Å²) in [6.07, 6.45) is 0.716. The van der Waals surface area contributed by atoms with Gasteiger partial charge < -0.3 is 31.0 Å². The molecule has 0 atom stereocenters. The smallest absolute Gasteiger partial charge is 0.504 e. The molecule has 0 radical (unpaired) electrons. The molecular weight excluding hydrogens is 201 g/mol. The Kier molecular flexibility index (Phi) is 6.47. The number of nitrogens with two attached hydrogens (primary N) is 1. The van der Waals surface area contributed by atoms with Gasteiger partial charge in [0, 0.05) is 0 Å². The third kappa shape index (κ3) is 6.75. The van der Waals surface area contributed by atoms with Gasteiger partial charge in [-0.15, -0.1) is 0 Å². The van der Waals surface area contributed by atoms with Gasteiger partial charge in [0.1, 0.15) is 0 Å². The van der Waals surface area contributed by atoms with Crippen LogP contribution in [0.4, 0.5) is 0 Å². The molecule has 0 aliphatic carbocycles. The van der Waals surface area contributed by atoms with Crippen molar-refractivity contribution in [3.05, 3.63) is 23.8 Å². The number of aromatic hydroxyl groups is 2. The molecule has 1 aromatic rings. The van der Waals surface area contributed by atoms with Crippen LogP contribution in [-0.2, 0) is 6.42 Å². The Morgan fingerprint density at radius 2 is 1.60 bits per heavy atom. The van der Waals surface area contributed by atoms with Gasteiger partial charge in [-0.1, -0.05) is 6.07 Å². The van der Waals surface area contributed by atoms with E-state index >= 15 is 0 Å². The fourth-order valence-electron chi connectivity index (χ4n) is 0.891. The Hall–Kier alpha value is -1.28. The van der Waals surface area contributed by atoms with Crippen molar-refractivity contribution >= 4 is 7.32 Å². The molecule has 0 aromatic heterocycles. The summed E-state index contributed by atoms with van der Waals surface area (Å²) in [5, 5.41) is 39.5. The lowest BCUT2D eigenvalue weighted by Gasteiger charge is -2.00. The summed E-state index contributed by atoms with van der Waals surface area (Å²) in [6, 6.07) is 4.71. The largest absolute Gasteiger partial charge is 0.631 e. The first-order valence-corrected chi connectivity index (χ1v) is 4.22. The Morgan fingerprint density at radius 1 is 1.07 bits per heavy atom. The highest BCUT2D eigenvalue weighted by atomic mass is 16.5. The summed E-state index contributed by atoms with van der Waals surface area (Å²) in [6.45, 7) is 0.546. The second-order valence-electron chi connectivity index (χ2n) is 2.71. The van der Waals surface area contributed by atoms with Gasteiger partial charge in [-0.2, -0.15) is 0 Å². The average molecular weight is 215 g/mol. The van der Waals surface area contributed by atoms with Gasteiger partial charge in [-0.25, -0.2) is 0 Å². The summed E-state index contributed by atoms with van der Waals surface area (Å²) in [7, 11) is -2.17. The van der Waals surface area contributed by atoms with Crippen molar-refractivity contribution in [2.45, 2.75) is 6.42 Å². The minimum atomic E-state index is -2.17. The third-order valence-electron chi connectivity index (χ3n) is 1.47. The quantitative estimate of drug-likeness (QED) is 0.264. The van der Waals surface area contributed by atoms with E-state index in [1.807, 2.05) is 0 Å². The molecule has 0 spiro atoms. The van der Waals surface area contributed by atoms with Crippen molar-refractivity contribution in [3.8, 4) is 11.5 Å². The first-order valence-electron chi connectivity index (χ1n) is 4.22. The van der Waals surface area contributed by atoms with E-state index in [4.69, 9.17) is 31.0 Å². The molecule has 0 saturated heterocycles. The van der Waals surface area contributed by atoms with Gasteiger partial charge in [0.05, 0.1) is 0 Å². The Bertz CT molecular complexity index is 292. The number of hydrogen-bond donors (Lipinski definition) is 6. The van der Waals surface area contributed by atoms with Crippen molar-refractivity contribution in [2.75, 3.05) is 6.54 Å². The zero-order valence-corrected chi connectivity index (χ0v) is 8.04. The molecule has 84 valence electrons. The fraction of sp³-hybridized carbons (Fsp3) is 0.250. The number of hydrogen-bond acceptors (Lipinski definition) is 6. The molecule has 0 aliphatic heterocycles. The van der Waals surface area contributed by atoms with Crippen LogP contribution in [0, 0.1) is 0 Å². The predicted molar refractivity (Wildman–Crippen MR) is 54.9 cm³/mol. The van der Waals surface area contributed by atoms with Crippen LogP contribution in [0.2, 0.25) is 0 Å². The van der Waals surface area contributed by atoms with E-state index in [0.717, 1.165) is 5.56 Å². The maximum Gasteiger partial charge on any atom is 0.631 e. The fourth-order valence-corrected chi connectivity index (χ4v) is 0.891. The maximum absolute atomic E-state index is 9.04. The first-order chi connectivity index (χ1) is 6.97.